The van der Waals surface area contributed by atoms with E-state index >= 15 is 0 Å². The summed E-state index contributed by atoms with van der Waals surface area (Å²) < 4.78 is 5.19. The van der Waals surface area contributed by atoms with Gasteiger partial charge in [0.05, 0.1) is 25.4 Å². The lowest BCUT2D eigenvalue weighted by molar-refractivity contribution is -0.297. The van der Waals surface area contributed by atoms with Crippen LogP contribution in [-0.4, -0.2) is 30.1 Å². The highest BCUT2D eigenvalue weighted by Gasteiger charge is 2.12. The Hall–Kier alpha value is -1.17. The first kappa shape index (κ1) is 20.9. The maximum atomic E-state index is 11.8. The number of benzene rings is 1. The predicted molar refractivity (Wildman–Crippen MR) is 100 cm³/mol. The van der Waals surface area contributed by atoms with Crippen LogP contribution in [0.3, 0.4) is 0 Å². The minimum atomic E-state index is -0.278. The van der Waals surface area contributed by atoms with Crippen LogP contribution in [0.25, 0.3) is 6.08 Å². The number of rotatable bonds is 12. The maximum absolute atomic E-state index is 11.8. The molecule has 134 valence electrons. The highest BCUT2D eigenvalue weighted by Crippen LogP contribution is 2.15. The van der Waals surface area contributed by atoms with Gasteiger partial charge >= 0.3 is 5.97 Å². The smallest absolute Gasteiger partial charge is 0.338 e. The molecule has 0 saturated carbocycles. The van der Waals surface area contributed by atoms with Crippen molar-refractivity contribution < 1.29 is 19.3 Å². The number of alkyl halides is 1. The molecule has 0 aliphatic heterocycles. The van der Waals surface area contributed by atoms with Crippen molar-refractivity contribution in [2.24, 2.45) is 0 Å². The number of unbranched alkanes of at least 4 members (excludes halogenated alkanes) is 3. The molecule has 5 heteroatoms. The summed E-state index contributed by atoms with van der Waals surface area (Å²) in [6.45, 7) is 9.26. The van der Waals surface area contributed by atoms with Crippen molar-refractivity contribution in [3.63, 3.8) is 0 Å². The van der Waals surface area contributed by atoms with Crippen LogP contribution < -0.4 is 0 Å². The zero-order chi connectivity index (χ0) is 17.8. The molecule has 0 bridgehead atoms. The molecule has 0 heterocycles. The van der Waals surface area contributed by atoms with E-state index in [-0.39, 0.29) is 10.3 Å². The first-order chi connectivity index (χ1) is 11.4. The van der Waals surface area contributed by atoms with Crippen LogP contribution in [0.15, 0.2) is 30.8 Å². The monoisotopic (exact) mass is 398 g/mol. The Kier molecular flexibility index (Phi) is 9.91. The molecule has 4 nitrogen and oxygen atoms in total. The molecule has 0 amide bonds. The van der Waals surface area contributed by atoms with Gasteiger partial charge in [0.15, 0.2) is 0 Å². The molecule has 1 aromatic carbocycles. The van der Waals surface area contributed by atoms with Gasteiger partial charge in [-0.2, -0.15) is 0 Å². The summed E-state index contributed by atoms with van der Waals surface area (Å²) in [5.74, 6) is -0.278. The van der Waals surface area contributed by atoms with Crippen molar-refractivity contribution in [1.29, 1.82) is 0 Å². The van der Waals surface area contributed by atoms with Crippen molar-refractivity contribution in [1.82, 2.24) is 0 Å². The highest BCUT2D eigenvalue weighted by molar-refractivity contribution is 9.10. The Morgan fingerprint density at radius 1 is 1.08 bits per heavy atom. The number of hydrogen-bond acceptors (Lipinski definition) is 4. The quantitative estimate of drug-likeness (QED) is 0.160. The van der Waals surface area contributed by atoms with Crippen molar-refractivity contribution in [2.45, 2.75) is 43.9 Å². The first-order valence-corrected chi connectivity index (χ1v) is 9.04. The zero-order valence-electron chi connectivity index (χ0n) is 14.6. The van der Waals surface area contributed by atoms with Crippen LogP contribution in [0, 0.1) is 0 Å². The van der Waals surface area contributed by atoms with Crippen LogP contribution in [0.5, 0.6) is 0 Å². The molecule has 0 aliphatic carbocycles. The van der Waals surface area contributed by atoms with E-state index in [2.05, 4.69) is 22.5 Å². The number of halogens is 1. The lowest BCUT2D eigenvalue weighted by Crippen LogP contribution is -2.18. The third-order valence-electron chi connectivity index (χ3n) is 3.22. The predicted octanol–water partition coefficient (Wildman–Crippen LogP) is 5.17. The number of carbonyl (C=O) groups is 1. The van der Waals surface area contributed by atoms with Crippen molar-refractivity contribution in [3.8, 4) is 0 Å². The molecule has 0 unspecified atom stereocenters. The fraction of sp³-hybridized carbons (Fsp3) is 0.526. The van der Waals surface area contributed by atoms with Gasteiger partial charge in [0.1, 0.15) is 0 Å². The molecule has 1 rings (SSSR count). The number of esters is 1. The second-order valence-electron chi connectivity index (χ2n) is 6.18. The van der Waals surface area contributed by atoms with Gasteiger partial charge in [-0.15, -0.1) is 0 Å². The Morgan fingerprint density at radius 3 is 2.29 bits per heavy atom. The molecular weight excluding hydrogens is 372 g/mol. The number of hydrogen-bond donors (Lipinski definition) is 0. The normalized spacial score (nSPS) is 11.3. The third-order valence-corrected chi connectivity index (χ3v) is 3.45. The van der Waals surface area contributed by atoms with Crippen molar-refractivity contribution in [3.05, 3.63) is 42.0 Å². The minimum absolute atomic E-state index is 0.0666. The molecule has 0 aliphatic rings. The van der Waals surface area contributed by atoms with E-state index < -0.39 is 0 Å². The highest BCUT2D eigenvalue weighted by atomic mass is 79.9. The van der Waals surface area contributed by atoms with Crippen molar-refractivity contribution in [2.75, 3.05) is 19.8 Å². The molecule has 0 saturated heterocycles. The molecule has 0 N–H and O–H groups in total. The van der Waals surface area contributed by atoms with Gasteiger partial charge in [-0.25, -0.2) is 14.6 Å². The SMILES string of the molecule is C=Cc1ccc(C(=O)OCCCCCCOOCC(C)(C)Br)cc1. The summed E-state index contributed by atoms with van der Waals surface area (Å²) in [6, 6.07) is 7.21. The molecule has 0 spiro atoms. The summed E-state index contributed by atoms with van der Waals surface area (Å²) in [4.78, 5) is 22.1. The van der Waals surface area contributed by atoms with E-state index in [1.54, 1.807) is 18.2 Å². The van der Waals surface area contributed by atoms with Gasteiger partial charge in [-0.05, 0) is 50.8 Å². The summed E-state index contributed by atoms with van der Waals surface area (Å²) in [6.07, 6.45) is 5.54. The Labute approximate surface area is 153 Å². The van der Waals surface area contributed by atoms with E-state index in [4.69, 9.17) is 14.5 Å². The van der Waals surface area contributed by atoms with Gasteiger partial charge in [-0.3, -0.25) is 0 Å². The van der Waals surface area contributed by atoms with Crippen LogP contribution in [0.1, 0.15) is 55.5 Å². The molecule has 0 atom stereocenters. The molecule has 0 aromatic heterocycles. The van der Waals surface area contributed by atoms with Gasteiger partial charge < -0.3 is 4.74 Å². The van der Waals surface area contributed by atoms with E-state index in [9.17, 15) is 4.79 Å². The average Bonchev–Trinajstić information content (AvgIpc) is 2.55. The first-order valence-electron chi connectivity index (χ1n) is 8.25. The standard InChI is InChI=1S/C19H27BrO4/c1-4-16-9-11-17(12-10-16)18(21)22-13-7-5-6-8-14-23-24-15-19(2,3)20/h4,9-12H,1,5-8,13-15H2,2-3H3. The van der Waals surface area contributed by atoms with E-state index in [0.717, 1.165) is 31.2 Å². The number of carbonyl (C=O) groups excluding carboxylic acids is 1. The summed E-state index contributed by atoms with van der Waals surface area (Å²) >= 11 is 3.47. The average molecular weight is 399 g/mol. The van der Waals surface area contributed by atoms with Crippen LogP contribution >= 0.6 is 15.9 Å². The lowest BCUT2D eigenvalue weighted by atomic mass is 10.1. The van der Waals surface area contributed by atoms with Crippen molar-refractivity contribution >= 4 is 28.0 Å². The number of ether oxygens (including phenoxy) is 1. The van der Waals surface area contributed by atoms with Crippen LogP contribution in [0.2, 0.25) is 0 Å². The van der Waals surface area contributed by atoms with E-state index in [1.807, 2.05) is 26.0 Å². The Morgan fingerprint density at radius 2 is 1.71 bits per heavy atom. The molecule has 0 fully saturated rings. The van der Waals surface area contributed by atoms with Gasteiger partial charge in [0.2, 0.25) is 0 Å². The molecule has 0 radical (unpaired) electrons. The Balaban J connectivity index is 1.99. The molecule has 24 heavy (non-hydrogen) atoms. The van der Waals surface area contributed by atoms with Crippen LogP contribution in [0.4, 0.5) is 0 Å². The third kappa shape index (κ3) is 9.85. The summed E-state index contributed by atoms with van der Waals surface area (Å²) in [5.41, 5.74) is 1.55. The van der Waals surface area contributed by atoms with Gasteiger partial charge in [0, 0.05) is 4.32 Å². The zero-order valence-corrected chi connectivity index (χ0v) is 16.1. The van der Waals surface area contributed by atoms with E-state index in [0.29, 0.717) is 25.4 Å². The fourth-order valence-electron chi connectivity index (χ4n) is 1.86. The van der Waals surface area contributed by atoms with E-state index in [1.165, 1.54) is 0 Å². The minimum Gasteiger partial charge on any atom is -0.462 e. The maximum Gasteiger partial charge on any atom is 0.338 e. The summed E-state index contributed by atoms with van der Waals surface area (Å²) in [5, 5.41) is 0. The largest absolute Gasteiger partial charge is 0.462 e. The van der Waals surface area contributed by atoms with Gasteiger partial charge in [0.25, 0.3) is 0 Å². The topological polar surface area (TPSA) is 44.8 Å². The second-order valence-corrected chi connectivity index (χ2v) is 8.33. The Bertz CT molecular complexity index is 491. The molecular formula is C19H27BrO4. The molecule has 1 aromatic rings. The lowest BCUT2D eigenvalue weighted by Gasteiger charge is -2.14. The second kappa shape index (κ2) is 11.4. The summed E-state index contributed by atoms with van der Waals surface area (Å²) in [7, 11) is 0. The fourth-order valence-corrected chi connectivity index (χ4v) is 1.95. The van der Waals surface area contributed by atoms with Gasteiger partial charge in [-0.1, -0.05) is 47.1 Å². The van der Waals surface area contributed by atoms with Crippen LogP contribution in [-0.2, 0) is 14.5 Å².